The Hall–Kier alpha value is -3.50. The van der Waals surface area contributed by atoms with E-state index in [2.05, 4.69) is 27.3 Å². The molecule has 10 heteroatoms. The van der Waals surface area contributed by atoms with Gasteiger partial charge in [-0.1, -0.05) is 30.3 Å². The van der Waals surface area contributed by atoms with Gasteiger partial charge in [-0.15, -0.1) is 0 Å². The lowest BCUT2D eigenvalue weighted by molar-refractivity contribution is -0.133. The fraction of sp³-hybridized carbons (Fsp3) is 0.385. The highest BCUT2D eigenvalue weighted by Crippen LogP contribution is 2.37. The first-order valence-electron chi connectivity index (χ1n) is 12.0. The lowest BCUT2D eigenvalue weighted by atomic mass is 10.1. The zero-order valence-electron chi connectivity index (χ0n) is 20.4. The molecule has 3 heterocycles. The number of methoxy groups -OCH3 is 2. The fourth-order valence-corrected chi connectivity index (χ4v) is 5.15. The molecule has 0 bridgehead atoms. The van der Waals surface area contributed by atoms with Crippen LogP contribution in [0.1, 0.15) is 23.2 Å². The van der Waals surface area contributed by atoms with E-state index in [1.807, 2.05) is 23.1 Å². The quantitative estimate of drug-likeness (QED) is 0.487. The summed E-state index contributed by atoms with van der Waals surface area (Å²) in [6.45, 7) is 3.95. The molecule has 0 saturated carbocycles. The van der Waals surface area contributed by atoms with E-state index in [1.54, 1.807) is 26.4 Å². The number of anilines is 1. The van der Waals surface area contributed by atoms with Gasteiger partial charge in [-0.3, -0.25) is 14.5 Å². The number of nitrogens with zero attached hydrogens (tertiary/aromatic N) is 4. The van der Waals surface area contributed by atoms with Crippen LogP contribution < -0.4 is 14.8 Å². The Morgan fingerprint density at radius 3 is 2.47 bits per heavy atom. The van der Waals surface area contributed by atoms with Crippen LogP contribution in [0.4, 0.5) is 5.82 Å². The van der Waals surface area contributed by atoms with Gasteiger partial charge in [-0.25, -0.2) is 9.55 Å². The molecule has 1 atom stereocenters. The summed E-state index contributed by atoms with van der Waals surface area (Å²) < 4.78 is 12.4. The molecule has 36 heavy (non-hydrogen) atoms. The molecule has 2 aliphatic rings. The number of hydrogen-bond donors (Lipinski definition) is 1. The van der Waals surface area contributed by atoms with Crippen LogP contribution in [-0.4, -0.2) is 77.6 Å². The second kappa shape index (κ2) is 10.2. The molecular formula is C26H29N5O4S. The van der Waals surface area contributed by atoms with Crippen LogP contribution >= 0.6 is 12.2 Å². The van der Waals surface area contributed by atoms with Crippen molar-refractivity contribution in [2.24, 2.45) is 0 Å². The zero-order chi connectivity index (χ0) is 25.2. The number of piperazine rings is 1. The second-order valence-corrected chi connectivity index (χ2v) is 9.38. The number of carbonyl (C=O) groups is 2. The molecule has 1 N–H and O–H groups in total. The van der Waals surface area contributed by atoms with E-state index in [0.717, 1.165) is 19.6 Å². The lowest BCUT2D eigenvalue weighted by Crippen LogP contribution is -2.48. The number of ether oxygens (including phenoxy) is 2. The van der Waals surface area contributed by atoms with Crippen molar-refractivity contribution < 1.29 is 19.1 Å². The Kier molecular flexibility index (Phi) is 6.88. The molecule has 0 aliphatic carbocycles. The number of amides is 1. The van der Waals surface area contributed by atoms with Crippen molar-refractivity contribution in [1.82, 2.24) is 19.4 Å². The van der Waals surface area contributed by atoms with Gasteiger partial charge >= 0.3 is 0 Å². The molecule has 2 aromatic carbocycles. The predicted octanol–water partition coefficient (Wildman–Crippen LogP) is 3.34. The van der Waals surface area contributed by atoms with Gasteiger partial charge in [0.2, 0.25) is 10.7 Å². The Bertz CT molecular complexity index is 1350. The summed E-state index contributed by atoms with van der Waals surface area (Å²) in [5.41, 5.74) is 1.88. The minimum absolute atomic E-state index is 0.0675. The zero-order valence-corrected chi connectivity index (χ0v) is 21.2. The monoisotopic (exact) mass is 507 g/mol. The van der Waals surface area contributed by atoms with E-state index >= 15 is 0 Å². The largest absolute Gasteiger partial charge is 0.493 e. The van der Waals surface area contributed by atoms with Crippen LogP contribution in [0.15, 0.2) is 42.5 Å². The van der Waals surface area contributed by atoms with Crippen LogP contribution in [0, 0.1) is 4.77 Å². The number of benzene rings is 2. The van der Waals surface area contributed by atoms with E-state index in [4.69, 9.17) is 21.7 Å². The third-order valence-corrected chi connectivity index (χ3v) is 7.11. The average Bonchev–Trinajstić information content (AvgIpc) is 3.24. The van der Waals surface area contributed by atoms with Crippen LogP contribution in [0.25, 0.3) is 10.9 Å². The molecular weight excluding hydrogens is 478 g/mol. The predicted molar refractivity (Wildman–Crippen MR) is 139 cm³/mol. The van der Waals surface area contributed by atoms with Gasteiger partial charge in [0.05, 0.1) is 19.7 Å². The highest BCUT2D eigenvalue weighted by atomic mass is 32.1. The third kappa shape index (κ3) is 4.66. The molecule has 1 amide bonds. The van der Waals surface area contributed by atoms with Gasteiger partial charge in [0.1, 0.15) is 11.9 Å². The summed E-state index contributed by atoms with van der Waals surface area (Å²) in [7, 11) is 3.11. The van der Waals surface area contributed by atoms with Crippen LogP contribution in [0.3, 0.4) is 0 Å². The fourth-order valence-electron chi connectivity index (χ4n) is 4.87. The molecule has 9 nitrogen and oxygen atoms in total. The van der Waals surface area contributed by atoms with Crippen LogP contribution in [-0.2, 0) is 11.3 Å². The molecule has 1 saturated heterocycles. The number of fused-ring (bicyclic) bond motifs is 3. The Labute approximate surface area is 214 Å². The number of carbonyl (C=O) groups excluding carboxylic acids is 2. The van der Waals surface area contributed by atoms with Crippen molar-refractivity contribution in [3.05, 3.63) is 52.8 Å². The van der Waals surface area contributed by atoms with E-state index < -0.39 is 6.04 Å². The summed E-state index contributed by atoms with van der Waals surface area (Å²) in [6.07, 6.45) is 0.666. The van der Waals surface area contributed by atoms with Gasteiger partial charge in [-0.2, -0.15) is 0 Å². The van der Waals surface area contributed by atoms with Crippen molar-refractivity contribution in [2.45, 2.75) is 25.4 Å². The molecule has 2 aliphatic heterocycles. The van der Waals surface area contributed by atoms with Crippen molar-refractivity contribution in [3.8, 4) is 11.5 Å². The summed E-state index contributed by atoms with van der Waals surface area (Å²) in [5.74, 6) is 1.51. The first-order chi connectivity index (χ1) is 17.5. The van der Waals surface area contributed by atoms with E-state index in [9.17, 15) is 9.59 Å². The molecule has 1 fully saturated rings. The maximum Gasteiger partial charge on any atom is 0.257 e. The standard InChI is InChI=1S/C26H29N5O4S/c1-34-21-14-18-20(15-22(21)35-2)28-26(36)31-24(18)27-19(25(31)33)8-9-23(32)30-12-10-29(11-13-30)16-17-6-4-3-5-7-17/h3-7,14-15,19,27H,8-13,16H2,1-2H3. The minimum atomic E-state index is -0.546. The van der Waals surface area contributed by atoms with Gasteiger partial charge in [0, 0.05) is 50.6 Å². The van der Waals surface area contributed by atoms with Crippen LogP contribution in [0.2, 0.25) is 0 Å². The van der Waals surface area contributed by atoms with Gasteiger partial charge in [0.25, 0.3) is 5.91 Å². The second-order valence-electron chi connectivity index (χ2n) is 9.02. The maximum absolute atomic E-state index is 13.2. The van der Waals surface area contributed by atoms with Crippen LogP contribution in [0.5, 0.6) is 11.5 Å². The molecule has 3 aromatic rings. The summed E-state index contributed by atoms with van der Waals surface area (Å²) in [6, 6.07) is 13.3. The van der Waals surface area contributed by atoms with Crippen molar-refractivity contribution in [1.29, 1.82) is 0 Å². The van der Waals surface area contributed by atoms with Gasteiger partial charge < -0.3 is 19.7 Å². The summed E-state index contributed by atoms with van der Waals surface area (Å²) in [5, 5.41) is 3.99. The summed E-state index contributed by atoms with van der Waals surface area (Å²) >= 11 is 5.41. The normalized spacial score (nSPS) is 17.7. The first-order valence-corrected chi connectivity index (χ1v) is 12.4. The molecule has 5 rings (SSSR count). The van der Waals surface area contributed by atoms with Gasteiger partial charge in [-0.05, 0) is 30.3 Å². The molecule has 1 aromatic heterocycles. The number of rotatable bonds is 7. The Morgan fingerprint density at radius 1 is 1.08 bits per heavy atom. The SMILES string of the molecule is COc1cc2nc(=S)n3c(c2cc1OC)NC(CCC(=O)N1CCN(Cc2ccccc2)CC1)C3=O. The van der Waals surface area contributed by atoms with Crippen molar-refractivity contribution >= 4 is 40.8 Å². The first kappa shape index (κ1) is 24.2. The number of aromatic nitrogens is 2. The Morgan fingerprint density at radius 2 is 1.78 bits per heavy atom. The van der Waals surface area contributed by atoms with Crippen molar-refractivity contribution in [3.63, 3.8) is 0 Å². The highest BCUT2D eigenvalue weighted by Gasteiger charge is 2.33. The third-order valence-electron chi connectivity index (χ3n) is 6.84. The Balaban J connectivity index is 1.22. The highest BCUT2D eigenvalue weighted by molar-refractivity contribution is 7.71. The van der Waals surface area contributed by atoms with E-state index in [1.165, 1.54) is 10.1 Å². The molecule has 0 spiro atoms. The van der Waals surface area contributed by atoms with E-state index in [-0.39, 0.29) is 23.0 Å². The lowest BCUT2D eigenvalue weighted by Gasteiger charge is -2.35. The maximum atomic E-state index is 13.2. The molecule has 188 valence electrons. The number of hydrogen-bond acceptors (Lipinski definition) is 8. The smallest absolute Gasteiger partial charge is 0.257 e. The topological polar surface area (TPSA) is 88.9 Å². The average molecular weight is 508 g/mol. The van der Waals surface area contributed by atoms with Gasteiger partial charge in [0.15, 0.2) is 11.5 Å². The molecule has 0 radical (unpaired) electrons. The minimum Gasteiger partial charge on any atom is -0.493 e. The molecule has 1 unspecified atom stereocenters. The van der Waals surface area contributed by atoms with Crippen molar-refractivity contribution in [2.75, 3.05) is 45.7 Å². The van der Waals surface area contributed by atoms with E-state index in [0.29, 0.717) is 47.7 Å². The number of nitrogens with one attached hydrogen (secondary N) is 1. The summed E-state index contributed by atoms with van der Waals surface area (Å²) in [4.78, 5) is 34.8.